The molecule has 1 unspecified atom stereocenters. The Morgan fingerprint density at radius 3 is 2.24 bits per heavy atom. The first-order chi connectivity index (χ1) is 10.1. The van der Waals surface area contributed by atoms with Gasteiger partial charge in [-0.2, -0.15) is 0 Å². The van der Waals surface area contributed by atoms with Crippen molar-refractivity contribution in [2.75, 3.05) is 13.2 Å². The van der Waals surface area contributed by atoms with Crippen LogP contribution in [-0.2, 0) is 4.57 Å². The van der Waals surface area contributed by atoms with E-state index in [4.69, 9.17) is 4.52 Å². The Labute approximate surface area is 123 Å². The average molecular weight is 304 g/mol. The van der Waals surface area contributed by atoms with E-state index in [-0.39, 0.29) is 0 Å². The molecule has 0 saturated carbocycles. The molecule has 1 atom stereocenters. The number of rotatable bonds is 3. The van der Waals surface area contributed by atoms with Crippen molar-refractivity contribution in [3.63, 3.8) is 0 Å². The SMILES string of the molecule is CC(CO)(CO)P1(=O)Oc2ccccc2-c2ccccc21. The van der Waals surface area contributed by atoms with Crippen LogP contribution in [0.3, 0.4) is 0 Å². The molecule has 2 N–H and O–H groups in total. The lowest BCUT2D eigenvalue weighted by molar-refractivity contribution is 0.169. The Kier molecular flexibility index (Phi) is 3.40. The molecule has 0 radical (unpaired) electrons. The lowest BCUT2D eigenvalue weighted by Gasteiger charge is -2.38. The molecule has 1 aliphatic heterocycles. The molecule has 110 valence electrons. The molecule has 2 aromatic rings. The molecular weight excluding hydrogens is 287 g/mol. The van der Waals surface area contributed by atoms with Gasteiger partial charge in [-0.1, -0.05) is 36.4 Å². The van der Waals surface area contributed by atoms with Crippen LogP contribution in [0.15, 0.2) is 48.5 Å². The van der Waals surface area contributed by atoms with Gasteiger partial charge in [0.1, 0.15) is 10.9 Å². The third-order valence-electron chi connectivity index (χ3n) is 4.02. The largest absolute Gasteiger partial charge is 0.439 e. The summed E-state index contributed by atoms with van der Waals surface area (Å²) in [6, 6.07) is 14.7. The summed E-state index contributed by atoms with van der Waals surface area (Å²) >= 11 is 0. The molecule has 0 saturated heterocycles. The summed E-state index contributed by atoms with van der Waals surface area (Å²) in [5.74, 6) is 0.521. The molecule has 5 heteroatoms. The maximum atomic E-state index is 13.6. The maximum absolute atomic E-state index is 13.6. The number of para-hydroxylation sites is 1. The summed E-state index contributed by atoms with van der Waals surface area (Å²) in [6.45, 7) is 0.743. The van der Waals surface area contributed by atoms with Gasteiger partial charge in [0.05, 0.1) is 18.5 Å². The van der Waals surface area contributed by atoms with E-state index in [0.717, 1.165) is 11.1 Å². The Bertz CT molecular complexity index is 722. The van der Waals surface area contributed by atoms with E-state index in [0.29, 0.717) is 11.1 Å². The van der Waals surface area contributed by atoms with Crippen LogP contribution in [0.1, 0.15) is 6.92 Å². The number of hydrogen-bond acceptors (Lipinski definition) is 4. The first-order valence-electron chi connectivity index (χ1n) is 6.76. The first-order valence-corrected chi connectivity index (χ1v) is 8.39. The van der Waals surface area contributed by atoms with Crippen LogP contribution in [0.4, 0.5) is 0 Å². The number of aliphatic hydroxyl groups excluding tert-OH is 2. The van der Waals surface area contributed by atoms with E-state index in [2.05, 4.69) is 0 Å². The first kappa shape index (κ1) is 14.3. The van der Waals surface area contributed by atoms with Gasteiger partial charge < -0.3 is 14.7 Å². The lowest BCUT2D eigenvalue weighted by atomic mass is 10.0. The van der Waals surface area contributed by atoms with Gasteiger partial charge in [-0.15, -0.1) is 0 Å². The van der Waals surface area contributed by atoms with Crippen molar-refractivity contribution in [2.45, 2.75) is 12.1 Å². The Hall–Kier alpha value is -1.61. The molecule has 0 spiro atoms. The van der Waals surface area contributed by atoms with E-state index in [1.165, 1.54) is 0 Å². The number of benzene rings is 2. The molecule has 1 heterocycles. The van der Waals surface area contributed by atoms with Crippen LogP contribution >= 0.6 is 7.37 Å². The van der Waals surface area contributed by atoms with Gasteiger partial charge in [0, 0.05) is 5.56 Å². The Balaban J connectivity index is 2.30. The van der Waals surface area contributed by atoms with Crippen LogP contribution in [0.25, 0.3) is 11.1 Å². The molecule has 2 aromatic carbocycles. The van der Waals surface area contributed by atoms with Crippen LogP contribution in [0, 0.1) is 0 Å². The van der Waals surface area contributed by atoms with Crippen molar-refractivity contribution >= 4 is 12.7 Å². The topological polar surface area (TPSA) is 66.8 Å². The second kappa shape index (κ2) is 4.99. The minimum absolute atomic E-state index is 0.419. The van der Waals surface area contributed by atoms with Crippen LogP contribution in [0.5, 0.6) is 5.75 Å². The van der Waals surface area contributed by atoms with E-state index in [9.17, 15) is 14.8 Å². The second-order valence-corrected chi connectivity index (χ2v) is 8.32. The minimum Gasteiger partial charge on any atom is -0.439 e. The molecule has 0 fully saturated rings. The Morgan fingerprint density at radius 1 is 1.00 bits per heavy atom. The highest BCUT2D eigenvalue weighted by molar-refractivity contribution is 7.69. The zero-order chi connectivity index (χ0) is 15.1. The Morgan fingerprint density at radius 2 is 1.57 bits per heavy atom. The molecule has 3 rings (SSSR count). The molecule has 4 nitrogen and oxygen atoms in total. The average Bonchev–Trinajstić information content (AvgIpc) is 2.54. The smallest absolute Gasteiger partial charge is 0.288 e. The molecule has 0 bridgehead atoms. The summed E-state index contributed by atoms with van der Waals surface area (Å²) in [5.41, 5.74) is 1.70. The molecule has 0 aliphatic carbocycles. The van der Waals surface area contributed by atoms with Gasteiger partial charge in [-0.25, -0.2) is 0 Å². The van der Waals surface area contributed by atoms with E-state index < -0.39 is 25.7 Å². The third kappa shape index (κ3) is 1.95. The van der Waals surface area contributed by atoms with E-state index in [1.807, 2.05) is 30.3 Å². The standard InChI is InChI=1S/C16H17O4P/c1-16(10-17,11-18)21(19)15-9-5-3-7-13(15)12-6-2-4-8-14(12)20-21/h2-9,17-18H,10-11H2,1H3. The van der Waals surface area contributed by atoms with Crippen LogP contribution in [0.2, 0.25) is 0 Å². The van der Waals surface area contributed by atoms with Crippen LogP contribution in [-0.4, -0.2) is 28.6 Å². The zero-order valence-electron chi connectivity index (χ0n) is 11.7. The second-order valence-electron chi connectivity index (χ2n) is 5.47. The highest BCUT2D eigenvalue weighted by Crippen LogP contribution is 2.62. The fourth-order valence-electron chi connectivity index (χ4n) is 2.55. The minimum atomic E-state index is -3.46. The van der Waals surface area contributed by atoms with Gasteiger partial charge in [-0.3, -0.25) is 4.57 Å². The highest BCUT2D eigenvalue weighted by atomic mass is 31.2. The van der Waals surface area contributed by atoms with Gasteiger partial charge in [0.25, 0.3) is 7.37 Å². The summed E-state index contributed by atoms with van der Waals surface area (Å²) in [7, 11) is -3.46. The quantitative estimate of drug-likeness (QED) is 0.855. The fourth-order valence-corrected chi connectivity index (χ4v) is 5.06. The lowest BCUT2D eigenvalue weighted by Crippen LogP contribution is -2.41. The molecule has 0 amide bonds. The number of hydrogen-bond donors (Lipinski definition) is 2. The van der Waals surface area contributed by atoms with Crippen molar-refractivity contribution in [1.29, 1.82) is 0 Å². The van der Waals surface area contributed by atoms with E-state index in [1.54, 1.807) is 25.1 Å². The number of fused-ring (bicyclic) bond motifs is 3. The summed E-state index contributed by atoms with van der Waals surface area (Å²) in [4.78, 5) is 0. The fraction of sp³-hybridized carbons (Fsp3) is 0.250. The van der Waals surface area contributed by atoms with Gasteiger partial charge in [0.15, 0.2) is 0 Å². The maximum Gasteiger partial charge on any atom is 0.288 e. The summed E-state index contributed by atoms with van der Waals surface area (Å²) in [5, 5.41) is 18.7. The predicted molar refractivity (Wildman–Crippen MR) is 82.3 cm³/mol. The van der Waals surface area contributed by atoms with Gasteiger partial charge in [-0.05, 0) is 24.6 Å². The molecular formula is C16H17O4P. The monoisotopic (exact) mass is 304 g/mol. The highest BCUT2D eigenvalue weighted by Gasteiger charge is 2.50. The summed E-state index contributed by atoms with van der Waals surface area (Å²) < 4.78 is 19.4. The molecule has 1 aliphatic rings. The van der Waals surface area contributed by atoms with Crippen molar-refractivity contribution in [1.82, 2.24) is 0 Å². The normalized spacial score (nSPS) is 20.3. The third-order valence-corrected chi connectivity index (χ3v) is 7.20. The van der Waals surface area contributed by atoms with Crippen LogP contribution < -0.4 is 9.83 Å². The van der Waals surface area contributed by atoms with Gasteiger partial charge in [0.2, 0.25) is 0 Å². The van der Waals surface area contributed by atoms with Crippen molar-refractivity contribution in [3.05, 3.63) is 48.5 Å². The summed E-state index contributed by atoms with van der Waals surface area (Å²) in [6.07, 6.45) is 0. The van der Waals surface area contributed by atoms with Crippen molar-refractivity contribution < 1.29 is 19.3 Å². The molecule has 0 aromatic heterocycles. The van der Waals surface area contributed by atoms with Gasteiger partial charge >= 0.3 is 0 Å². The van der Waals surface area contributed by atoms with E-state index >= 15 is 0 Å². The van der Waals surface area contributed by atoms with Crippen molar-refractivity contribution in [3.8, 4) is 16.9 Å². The predicted octanol–water partition coefficient (Wildman–Crippen LogP) is 2.39. The zero-order valence-corrected chi connectivity index (χ0v) is 12.6. The number of aliphatic hydroxyl groups is 2. The van der Waals surface area contributed by atoms with Crippen molar-refractivity contribution in [2.24, 2.45) is 0 Å². The molecule has 21 heavy (non-hydrogen) atoms.